The molecular formula is C15H16N2O4. The summed E-state index contributed by atoms with van der Waals surface area (Å²) in [5.41, 5.74) is 1.26. The van der Waals surface area contributed by atoms with Crippen LogP contribution in [0, 0.1) is 0 Å². The number of fused-ring (bicyclic) bond motifs is 1. The lowest BCUT2D eigenvalue weighted by molar-refractivity contribution is 0.0678. The molecule has 110 valence electrons. The van der Waals surface area contributed by atoms with Gasteiger partial charge in [-0.1, -0.05) is 12.1 Å². The largest absolute Gasteiger partial charge is 0.496 e. The van der Waals surface area contributed by atoms with Crippen molar-refractivity contribution in [1.82, 2.24) is 9.55 Å². The summed E-state index contributed by atoms with van der Waals surface area (Å²) in [4.78, 5) is 15.6. The summed E-state index contributed by atoms with van der Waals surface area (Å²) in [5, 5.41) is 19.6. The summed E-state index contributed by atoms with van der Waals surface area (Å²) in [7, 11) is 1.55. The lowest BCUT2D eigenvalue weighted by Crippen LogP contribution is -2.19. The van der Waals surface area contributed by atoms with Crippen molar-refractivity contribution in [3.8, 4) is 17.1 Å². The van der Waals surface area contributed by atoms with Gasteiger partial charge in [0, 0.05) is 0 Å². The van der Waals surface area contributed by atoms with E-state index in [2.05, 4.69) is 4.98 Å². The highest BCUT2D eigenvalue weighted by Gasteiger charge is 2.29. The van der Waals surface area contributed by atoms with Crippen LogP contribution >= 0.6 is 0 Å². The highest BCUT2D eigenvalue weighted by molar-refractivity contribution is 5.88. The van der Waals surface area contributed by atoms with Crippen molar-refractivity contribution in [2.75, 3.05) is 7.11 Å². The summed E-state index contributed by atoms with van der Waals surface area (Å²) < 4.78 is 6.93. The van der Waals surface area contributed by atoms with Gasteiger partial charge in [-0.05, 0) is 31.4 Å². The first kappa shape index (κ1) is 13.6. The van der Waals surface area contributed by atoms with E-state index in [9.17, 15) is 15.0 Å². The molecular weight excluding hydrogens is 272 g/mol. The SMILES string of the molecule is COc1ccccc1-c1nc(C(=O)O)c2n1C(O)CCC2. The van der Waals surface area contributed by atoms with Crippen LogP contribution < -0.4 is 4.74 Å². The second kappa shape index (κ2) is 5.21. The molecule has 1 aromatic carbocycles. The fourth-order valence-corrected chi connectivity index (χ4v) is 2.80. The van der Waals surface area contributed by atoms with Crippen LogP contribution in [0.3, 0.4) is 0 Å². The van der Waals surface area contributed by atoms with Gasteiger partial charge in [0.05, 0.1) is 18.4 Å². The molecule has 2 N–H and O–H groups in total. The first-order valence-electron chi connectivity index (χ1n) is 6.79. The first-order chi connectivity index (χ1) is 10.1. The minimum atomic E-state index is -1.08. The number of nitrogens with zero attached hydrogens (tertiary/aromatic N) is 2. The summed E-state index contributed by atoms with van der Waals surface area (Å²) in [6.45, 7) is 0. The number of para-hydroxylation sites is 1. The lowest BCUT2D eigenvalue weighted by Gasteiger charge is -2.23. The number of rotatable bonds is 3. The first-order valence-corrected chi connectivity index (χ1v) is 6.79. The number of carboxylic acids is 1. The zero-order chi connectivity index (χ0) is 15.0. The van der Waals surface area contributed by atoms with Gasteiger partial charge in [-0.2, -0.15) is 0 Å². The predicted octanol–water partition coefficient (Wildman–Crippen LogP) is 2.08. The number of benzene rings is 1. The summed E-state index contributed by atoms with van der Waals surface area (Å²) in [6, 6.07) is 7.25. The van der Waals surface area contributed by atoms with Crippen LogP contribution in [0.1, 0.15) is 35.3 Å². The maximum absolute atomic E-state index is 11.4. The lowest BCUT2D eigenvalue weighted by atomic mass is 10.1. The number of imidazole rings is 1. The minimum Gasteiger partial charge on any atom is -0.496 e. The second-order valence-corrected chi connectivity index (χ2v) is 4.98. The van der Waals surface area contributed by atoms with Gasteiger partial charge in [0.15, 0.2) is 5.69 Å². The molecule has 0 aliphatic carbocycles. The van der Waals surface area contributed by atoms with Gasteiger partial charge in [-0.25, -0.2) is 9.78 Å². The molecule has 2 heterocycles. The average molecular weight is 288 g/mol. The van der Waals surface area contributed by atoms with E-state index in [4.69, 9.17) is 4.74 Å². The molecule has 0 amide bonds. The second-order valence-electron chi connectivity index (χ2n) is 4.98. The van der Waals surface area contributed by atoms with Crippen molar-refractivity contribution >= 4 is 5.97 Å². The summed E-state index contributed by atoms with van der Waals surface area (Å²) in [5.74, 6) is -0.0407. The molecule has 21 heavy (non-hydrogen) atoms. The molecule has 1 aliphatic heterocycles. The third-order valence-corrected chi connectivity index (χ3v) is 3.73. The number of carboxylic acid groups (broad SMARTS) is 1. The number of hydrogen-bond donors (Lipinski definition) is 2. The van der Waals surface area contributed by atoms with Crippen molar-refractivity contribution in [2.45, 2.75) is 25.5 Å². The van der Waals surface area contributed by atoms with E-state index in [0.717, 1.165) is 6.42 Å². The van der Waals surface area contributed by atoms with Crippen molar-refractivity contribution in [3.05, 3.63) is 35.7 Å². The van der Waals surface area contributed by atoms with Gasteiger partial charge < -0.3 is 19.5 Å². The molecule has 2 aromatic rings. The number of ether oxygens (including phenoxy) is 1. The number of aliphatic hydroxyl groups excluding tert-OH is 1. The number of methoxy groups -OCH3 is 1. The molecule has 1 unspecified atom stereocenters. The Morgan fingerprint density at radius 2 is 2.19 bits per heavy atom. The van der Waals surface area contributed by atoms with E-state index in [-0.39, 0.29) is 5.69 Å². The van der Waals surface area contributed by atoms with E-state index in [1.54, 1.807) is 23.8 Å². The minimum absolute atomic E-state index is 0.00894. The number of aromatic carboxylic acids is 1. The van der Waals surface area contributed by atoms with Gasteiger partial charge in [0.25, 0.3) is 0 Å². The Kier molecular flexibility index (Phi) is 3.39. The molecule has 6 heteroatoms. The Bertz CT molecular complexity index is 693. The Morgan fingerprint density at radius 3 is 2.90 bits per heavy atom. The third-order valence-electron chi connectivity index (χ3n) is 3.73. The molecule has 6 nitrogen and oxygen atoms in total. The van der Waals surface area contributed by atoms with Crippen molar-refractivity contribution in [2.24, 2.45) is 0 Å². The van der Waals surface area contributed by atoms with Gasteiger partial charge in [-0.3, -0.25) is 0 Å². The maximum atomic E-state index is 11.4. The highest BCUT2D eigenvalue weighted by Crippen LogP contribution is 2.36. The standard InChI is InChI=1S/C15H16N2O4/c1-21-11-7-3-2-5-9(11)14-16-13(15(19)20)10-6-4-8-12(18)17(10)14/h2-3,5,7,12,18H,4,6,8H2,1H3,(H,19,20). The molecule has 1 aromatic heterocycles. The van der Waals surface area contributed by atoms with Crippen LogP contribution in [0.2, 0.25) is 0 Å². The molecule has 0 bridgehead atoms. The van der Waals surface area contributed by atoms with Gasteiger partial charge in [-0.15, -0.1) is 0 Å². The van der Waals surface area contributed by atoms with Crippen molar-refractivity contribution in [3.63, 3.8) is 0 Å². The van der Waals surface area contributed by atoms with E-state index in [1.807, 2.05) is 12.1 Å². The fraction of sp³-hybridized carbons (Fsp3) is 0.333. The smallest absolute Gasteiger partial charge is 0.356 e. The molecule has 3 rings (SSSR count). The zero-order valence-corrected chi connectivity index (χ0v) is 11.6. The highest BCUT2D eigenvalue weighted by atomic mass is 16.5. The number of hydrogen-bond acceptors (Lipinski definition) is 4. The fourth-order valence-electron chi connectivity index (χ4n) is 2.80. The van der Waals surface area contributed by atoms with E-state index >= 15 is 0 Å². The van der Waals surface area contributed by atoms with Crippen LogP contribution in [0.5, 0.6) is 5.75 Å². The maximum Gasteiger partial charge on any atom is 0.356 e. The molecule has 0 radical (unpaired) electrons. The third kappa shape index (κ3) is 2.17. The predicted molar refractivity (Wildman–Crippen MR) is 75.4 cm³/mol. The Labute approximate surface area is 121 Å². The van der Waals surface area contributed by atoms with Crippen LogP contribution in [0.4, 0.5) is 0 Å². The van der Waals surface area contributed by atoms with Crippen LogP contribution in [-0.4, -0.2) is 32.8 Å². The van der Waals surface area contributed by atoms with E-state index in [1.165, 1.54) is 0 Å². The van der Waals surface area contributed by atoms with Crippen LogP contribution in [-0.2, 0) is 6.42 Å². The molecule has 0 fully saturated rings. The van der Waals surface area contributed by atoms with Gasteiger partial charge >= 0.3 is 5.97 Å². The number of aromatic nitrogens is 2. The molecule has 1 aliphatic rings. The zero-order valence-electron chi connectivity index (χ0n) is 11.6. The number of aliphatic hydroxyl groups is 1. The normalized spacial score (nSPS) is 17.3. The van der Waals surface area contributed by atoms with E-state index in [0.29, 0.717) is 35.7 Å². The quantitative estimate of drug-likeness (QED) is 0.903. The average Bonchev–Trinajstić information content (AvgIpc) is 2.88. The Balaban J connectivity index is 2.25. The summed E-state index contributed by atoms with van der Waals surface area (Å²) >= 11 is 0. The van der Waals surface area contributed by atoms with Crippen molar-refractivity contribution in [1.29, 1.82) is 0 Å². The molecule has 0 saturated heterocycles. The van der Waals surface area contributed by atoms with Gasteiger partial charge in [0.2, 0.25) is 0 Å². The molecule has 0 saturated carbocycles. The van der Waals surface area contributed by atoms with Crippen LogP contribution in [0.25, 0.3) is 11.4 Å². The van der Waals surface area contributed by atoms with Crippen LogP contribution in [0.15, 0.2) is 24.3 Å². The van der Waals surface area contributed by atoms with Crippen molar-refractivity contribution < 1.29 is 19.7 Å². The number of carbonyl (C=O) groups is 1. The van der Waals surface area contributed by atoms with Gasteiger partial charge in [0.1, 0.15) is 17.8 Å². The van der Waals surface area contributed by atoms with E-state index < -0.39 is 12.2 Å². The monoisotopic (exact) mass is 288 g/mol. The molecule has 0 spiro atoms. The topological polar surface area (TPSA) is 84.6 Å². The Hall–Kier alpha value is -2.34. The molecule has 1 atom stereocenters. The Morgan fingerprint density at radius 1 is 1.43 bits per heavy atom. The summed E-state index contributed by atoms with van der Waals surface area (Å²) in [6.07, 6.45) is 1.18.